The lowest BCUT2D eigenvalue weighted by Gasteiger charge is -2.27. The molecule has 8 heteroatoms. The second-order valence-electron chi connectivity index (χ2n) is 7.80. The van der Waals surface area contributed by atoms with E-state index < -0.39 is 11.6 Å². The van der Waals surface area contributed by atoms with E-state index in [1.807, 2.05) is 18.2 Å². The number of nitrogens with zero attached hydrogens (tertiary/aromatic N) is 2. The molecule has 1 fully saturated rings. The van der Waals surface area contributed by atoms with Crippen LogP contribution in [0, 0.1) is 11.6 Å². The summed E-state index contributed by atoms with van der Waals surface area (Å²) in [4.78, 5) is 8.98. The van der Waals surface area contributed by atoms with Crippen LogP contribution in [0.3, 0.4) is 0 Å². The molecule has 5 nitrogen and oxygen atoms in total. The van der Waals surface area contributed by atoms with Gasteiger partial charge in [-0.15, -0.1) is 0 Å². The second kappa shape index (κ2) is 9.58. The van der Waals surface area contributed by atoms with E-state index in [0.717, 1.165) is 49.2 Å². The summed E-state index contributed by atoms with van der Waals surface area (Å²) in [6.07, 6.45) is 5.63. The van der Waals surface area contributed by atoms with E-state index in [4.69, 9.17) is 17.3 Å². The summed E-state index contributed by atoms with van der Waals surface area (Å²) in [6, 6.07) is 11.3. The lowest BCUT2D eigenvalue weighted by molar-refractivity contribution is 0.410. The van der Waals surface area contributed by atoms with E-state index in [-0.39, 0.29) is 18.2 Å². The Morgan fingerprint density at radius 1 is 1.03 bits per heavy atom. The van der Waals surface area contributed by atoms with Crippen molar-refractivity contribution in [1.82, 2.24) is 9.97 Å². The van der Waals surface area contributed by atoms with Gasteiger partial charge in [-0.2, -0.15) is 0 Å². The van der Waals surface area contributed by atoms with Gasteiger partial charge in [0.1, 0.15) is 23.3 Å². The fourth-order valence-electron chi connectivity index (χ4n) is 3.73. The predicted octanol–water partition coefficient (Wildman–Crippen LogP) is 5.37. The minimum absolute atomic E-state index is 0.112. The number of aromatic nitrogens is 2. The first-order chi connectivity index (χ1) is 15.0. The largest absolute Gasteiger partial charge is 0.367 e. The Balaban J connectivity index is 1.49. The first-order valence-electron chi connectivity index (χ1n) is 10.3. The molecule has 2 heterocycles. The molecule has 0 atom stereocenters. The Labute approximate surface area is 185 Å². The number of hydrogen-bond acceptors (Lipinski definition) is 5. The van der Waals surface area contributed by atoms with Crippen LogP contribution in [0.1, 0.15) is 31.2 Å². The fraction of sp³-hybridized carbons (Fsp3) is 0.304. The van der Waals surface area contributed by atoms with Crippen molar-refractivity contribution < 1.29 is 8.78 Å². The minimum Gasteiger partial charge on any atom is -0.367 e. The first kappa shape index (κ1) is 21.5. The molecular formula is C23H24ClF2N5. The summed E-state index contributed by atoms with van der Waals surface area (Å²) in [5.74, 6) is 0.316. The predicted molar refractivity (Wildman–Crippen MR) is 120 cm³/mol. The lowest BCUT2D eigenvalue weighted by atomic mass is 9.92. The van der Waals surface area contributed by atoms with Gasteiger partial charge < -0.3 is 16.4 Å². The van der Waals surface area contributed by atoms with Gasteiger partial charge in [0.2, 0.25) is 0 Å². The molecule has 0 aliphatic heterocycles. The van der Waals surface area contributed by atoms with E-state index in [1.165, 1.54) is 6.07 Å². The normalized spacial score (nSPS) is 18.6. The number of rotatable bonds is 6. The standard InChI is InChI=1S/C23H24ClF2N5/c24-19-13-29-23(30-17-7-5-16(27)6-8-17)11-18(19)21-2-1-3-22(31-21)28-12-14-10-15(25)4-9-20(14)26/h1-4,9-11,13,16-17H,5-8,12,27H2,(H,28,31)(H,29,30). The summed E-state index contributed by atoms with van der Waals surface area (Å²) < 4.78 is 27.2. The Morgan fingerprint density at radius 3 is 2.65 bits per heavy atom. The Morgan fingerprint density at radius 2 is 1.84 bits per heavy atom. The van der Waals surface area contributed by atoms with E-state index >= 15 is 0 Å². The Hall–Kier alpha value is -2.77. The van der Waals surface area contributed by atoms with Crippen LogP contribution >= 0.6 is 11.6 Å². The van der Waals surface area contributed by atoms with Crippen molar-refractivity contribution in [1.29, 1.82) is 0 Å². The molecule has 1 aliphatic carbocycles. The number of benzene rings is 1. The van der Waals surface area contributed by atoms with Gasteiger partial charge in [-0.25, -0.2) is 18.7 Å². The highest BCUT2D eigenvalue weighted by Crippen LogP contribution is 2.30. The number of pyridine rings is 2. The summed E-state index contributed by atoms with van der Waals surface area (Å²) >= 11 is 6.40. The SMILES string of the molecule is NC1CCC(Nc2cc(-c3cccc(NCc4cc(F)ccc4F)n3)c(Cl)cn2)CC1. The molecule has 4 rings (SSSR count). The highest BCUT2D eigenvalue weighted by molar-refractivity contribution is 6.33. The zero-order valence-corrected chi connectivity index (χ0v) is 17.7. The van der Waals surface area contributed by atoms with Crippen molar-refractivity contribution in [2.45, 2.75) is 44.3 Å². The molecule has 0 radical (unpaired) electrons. The molecule has 0 amide bonds. The Kier molecular flexibility index (Phi) is 6.63. The topological polar surface area (TPSA) is 75.9 Å². The van der Waals surface area contributed by atoms with Gasteiger partial charge in [0.05, 0.1) is 10.7 Å². The van der Waals surface area contributed by atoms with Crippen molar-refractivity contribution >= 4 is 23.2 Å². The van der Waals surface area contributed by atoms with E-state index in [0.29, 0.717) is 22.6 Å². The molecule has 1 aliphatic rings. The second-order valence-corrected chi connectivity index (χ2v) is 8.21. The summed E-state index contributed by atoms with van der Waals surface area (Å²) in [7, 11) is 0. The van der Waals surface area contributed by atoms with Crippen molar-refractivity contribution in [3.05, 3.63) is 70.9 Å². The minimum atomic E-state index is -0.483. The molecule has 31 heavy (non-hydrogen) atoms. The van der Waals surface area contributed by atoms with Crippen LogP contribution in [-0.2, 0) is 6.54 Å². The number of halogens is 3. The van der Waals surface area contributed by atoms with Crippen LogP contribution < -0.4 is 16.4 Å². The van der Waals surface area contributed by atoms with Crippen molar-refractivity contribution in [3.8, 4) is 11.3 Å². The number of nitrogens with two attached hydrogens (primary N) is 1. The zero-order valence-electron chi connectivity index (χ0n) is 16.9. The van der Waals surface area contributed by atoms with Gasteiger partial charge in [0.15, 0.2) is 0 Å². The molecule has 0 spiro atoms. The van der Waals surface area contributed by atoms with Crippen LogP contribution in [0.5, 0.6) is 0 Å². The van der Waals surface area contributed by atoms with Crippen molar-refractivity contribution in [3.63, 3.8) is 0 Å². The maximum absolute atomic E-state index is 13.9. The molecule has 2 aromatic heterocycles. The van der Waals surface area contributed by atoms with E-state index in [9.17, 15) is 8.78 Å². The van der Waals surface area contributed by atoms with Gasteiger partial charge in [0.25, 0.3) is 0 Å². The van der Waals surface area contributed by atoms with Gasteiger partial charge in [-0.05, 0) is 62.1 Å². The first-order valence-corrected chi connectivity index (χ1v) is 10.7. The third-order valence-electron chi connectivity index (χ3n) is 5.47. The fourth-order valence-corrected chi connectivity index (χ4v) is 3.93. The zero-order chi connectivity index (χ0) is 21.8. The van der Waals surface area contributed by atoms with Gasteiger partial charge in [-0.3, -0.25) is 0 Å². The van der Waals surface area contributed by atoms with Crippen molar-refractivity contribution in [2.24, 2.45) is 5.73 Å². The van der Waals surface area contributed by atoms with Gasteiger partial charge >= 0.3 is 0 Å². The molecule has 4 N–H and O–H groups in total. The smallest absolute Gasteiger partial charge is 0.128 e. The Bertz CT molecular complexity index is 1050. The summed E-state index contributed by atoms with van der Waals surface area (Å²) in [5, 5.41) is 6.99. The quantitative estimate of drug-likeness (QED) is 0.477. The number of anilines is 2. The monoisotopic (exact) mass is 443 g/mol. The van der Waals surface area contributed by atoms with Crippen LogP contribution in [0.25, 0.3) is 11.3 Å². The third-order valence-corrected chi connectivity index (χ3v) is 5.77. The highest BCUT2D eigenvalue weighted by Gasteiger charge is 2.19. The van der Waals surface area contributed by atoms with E-state index in [1.54, 1.807) is 12.3 Å². The molecule has 0 saturated heterocycles. The lowest BCUT2D eigenvalue weighted by Crippen LogP contribution is -2.33. The van der Waals surface area contributed by atoms with Crippen LogP contribution in [0.4, 0.5) is 20.4 Å². The number of hydrogen-bond donors (Lipinski definition) is 3. The molecule has 3 aromatic rings. The summed E-state index contributed by atoms with van der Waals surface area (Å²) in [5.41, 5.74) is 7.62. The molecule has 0 unspecified atom stereocenters. The summed E-state index contributed by atoms with van der Waals surface area (Å²) in [6.45, 7) is 0.112. The van der Waals surface area contributed by atoms with Crippen LogP contribution in [-0.4, -0.2) is 22.1 Å². The van der Waals surface area contributed by atoms with Crippen LogP contribution in [0.15, 0.2) is 48.7 Å². The molecule has 1 saturated carbocycles. The average molecular weight is 444 g/mol. The third kappa shape index (κ3) is 5.48. The molecule has 1 aromatic carbocycles. The molecular weight excluding hydrogens is 420 g/mol. The molecule has 0 bridgehead atoms. The van der Waals surface area contributed by atoms with Crippen molar-refractivity contribution in [2.75, 3.05) is 10.6 Å². The van der Waals surface area contributed by atoms with Gasteiger partial charge in [-0.1, -0.05) is 17.7 Å². The average Bonchev–Trinajstić information content (AvgIpc) is 2.77. The highest BCUT2D eigenvalue weighted by atomic mass is 35.5. The number of nitrogens with one attached hydrogen (secondary N) is 2. The maximum Gasteiger partial charge on any atom is 0.128 e. The van der Waals surface area contributed by atoms with Gasteiger partial charge in [0, 0.05) is 36.0 Å². The maximum atomic E-state index is 13.9. The van der Waals surface area contributed by atoms with Crippen LogP contribution in [0.2, 0.25) is 5.02 Å². The van der Waals surface area contributed by atoms with E-state index in [2.05, 4.69) is 20.6 Å². The molecule has 162 valence electrons.